The molecule has 2 heterocycles. The number of rotatable bonds is 5. The van der Waals surface area contributed by atoms with Crippen molar-refractivity contribution in [1.29, 1.82) is 0 Å². The summed E-state index contributed by atoms with van der Waals surface area (Å²) in [4.78, 5) is 21.3. The Hall–Kier alpha value is -2.67. The van der Waals surface area contributed by atoms with E-state index in [4.69, 9.17) is 11.6 Å². The number of imidazole rings is 1. The summed E-state index contributed by atoms with van der Waals surface area (Å²) in [6, 6.07) is 7.51. The molecule has 0 atom stereocenters. The van der Waals surface area contributed by atoms with Crippen molar-refractivity contribution in [2.24, 2.45) is 0 Å². The third-order valence-corrected chi connectivity index (χ3v) is 3.91. The van der Waals surface area contributed by atoms with Gasteiger partial charge in [-0.1, -0.05) is 35.0 Å². The number of aromatic amines is 1. The first-order chi connectivity index (χ1) is 11.5. The first-order valence-electron chi connectivity index (χ1n) is 7.42. The fourth-order valence-electron chi connectivity index (χ4n) is 2.31. The standard InChI is InChI=1S/C16H17ClN6O/c1-11-7-18-15(19-11)10-22(2)16(24)14-9-23(21-20-14)8-12-5-3-4-6-13(12)17/h3-7,9H,8,10H2,1-2H3,(H,18,19). The minimum atomic E-state index is -0.213. The smallest absolute Gasteiger partial charge is 0.276 e. The van der Waals surface area contributed by atoms with Crippen molar-refractivity contribution in [2.75, 3.05) is 7.05 Å². The highest BCUT2D eigenvalue weighted by Crippen LogP contribution is 2.16. The molecule has 0 aliphatic rings. The van der Waals surface area contributed by atoms with E-state index in [1.54, 1.807) is 29.0 Å². The van der Waals surface area contributed by atoms with Crippen molar-refractivity contribution in [1.82, 2.24) is 29.9 Å². The Bertz CT molecular complexity index is 856. The second kappa shape index (κ2) is 6.84. The lowest BCUT2D eigenvalue weighted by Gasteiger charge is -2.13. The molecule has 0 bridgehead atoms. The first-order valence-corrected chi connectivity index (χ1v) is 7.80. The van der Waals surface area contributed by atoms with Crippen LogP contribution in [0.25, 0.3) is 0 Å². The van der Waals surface area contributed by atoms with Crippen LogP contribution in [0.3, 0.4) is 0 Å². The van der Waals surface area contributed by atoms with Gasteiger partial charge in [0.05, 0.1) is 19.3 Å². The number of benzene rings is 1. The van der Waals surface area contributed by atoms with E-state index in [1.165, 1.54) is 0 Å². The summed E-state index contributed by atoms with van der Waals surface area (Å²) in [5, 5.41) is 8.62. The number of aromatic nitrogens is 5. The highest BCUT2D eigenvalue weighted by Gasteiger charge is 2.17. The summed E-state index contributed by atoms with van der Waals surface area (Å²) in [6.45, 7) is 2.75. The monoisotopic (exact) mass is 344 g/mol. The topological polar surface area (TPSA) is 79.7 Å². The first kappa shape index (κ1) is 16.2. The molecule has 0 aliphatic carbocycles. The molecule has 0 fully saturated rings. The van der Waals surface area contributed by atoms with E-state index in [0.717, 1.165) is 17.1 Å². The van der Waals surface area contributed by atoms with Crippen molar-refractivity contribution < 1.29 is 4.79 Å². The van der Waals surface area contributed by atoms with E-state index < -0.39 is 0 Å². The molecule has 3 aromatic rings. The van der Waals surface area contributed by atoms with Gasteiger partial charge in [0.15, 0.2) is 5.69 Å². The quantitative estimate of drug-likeness (QED) is 0.770. The Kier molecular flexibility index (Phi) is 4.61. The number of H-pyrrole nitrogens is 1. The lowest BCUT2D eigenvalue weighted by Crippen LogP contribution is -2.27. The lowest BCUT2D eigenvalue weighted by molar-refractivity contribution is 0.0776. The molecule has 8 heteroatoms. The highest BCUT2D eigenvalue weighted by molar-refractivity contribution is 6.31. The van der Waals surface area contributed by atoms with Crippen molar-refractivity contribution >= 4 is 17.5 Å². The maximum atomic E-state index is 12.4. The van der Waals surface area contributed by atoms with Gasteiger partial charge in [-0.2, -0.15) is 0 Å². The Morgan fingerprint density at radius 1 is 1.38 bits per heavy atom. The van der Waals surface area contributed by atoms with E-state index >= 15 is 0 Å². The summed E-state index contributed by atoms with van der Waals surface area (Å²) >= 11 is 6.14. The normalized spacial score (nSPS) is 10.8. The maximum absolute atomic E-state index is 12.4. The van der Waals surface area contributed by atoms with Crippen LogP contribution in [-0.2, 0) is 13.1 Å². The zero-order chi connectivity index (χ0) is 17.1. The summed E-state index contributed by atoms with van der Waals surface area (Å²) in [6.07, 6.45) is 3.35. The summed E-state index contributed by atoms with van der Waals surface area (Å²) in [5.41, 5.74) is 2.16. The van der Waals surface area contributed by atoms with E-state index in [0.29, 0.717) is 18.1 Å². The minimum absolute atomic E-state index is 0.213. The molecule has 124 valence electrons. The van der Waals surface area contributed by atoms with Gasteiger partial charge in [-0.15, -0.1) is 5.10 Å². The largest absolute Gasteiger partial charge is 0.345 e. The second-order valence-corrected chi connectivity index (χ2v) is 5.97. The van der Waals surface area contributed by atoms with Crippen LogP contribution in [0.5, 0.6) is 0 Å². The van der Waals surface area contributed by atoms with Crippen LogP contribution < -0.4 is 0 Å². The molecule has 0 saturated heterocycles. The summed E-state index contributed by atoms with van der Waals surface area (Å²) < 4.78 is 1.60. The molecular weight excluding hydrogens is 328 g/mol. The van der Waals surface area contributed by atoms with Crippen LogP contribution in [0, 0.1) is 6.92 Å². The highest BCUT2D eigenvalue weighted by atomic mass is 35.5. The predicted molar refractivity (Wildman–Crippen MR) is 89.7 cm³/mol. The fourth-order valence-corrected chi connectivity index (χ4v) is 2.51. The molecule has 2 aromatic heterocycles. The van der Waals surface area contributed by atoms with Gasteiger partial charge in [-0.05, 0) is 18.6 Å². The lowest BCUT2D eigenvalue weighted by atomic mass is 10.2. The fraction of sp³-hybridized carbons (Fsp3) is 0.250. The number of nitrogens with one attached hydrogen (secondary N) is 1. The molecule has 7 nitrogen and oxygen atoms in total. The van der Waals surface area contributed by atoms with Crippen LogP contribution in [0.2, 0.25) is 5.02 Å². The molecule has 0 radical (unpaired) electrons. The van der Waals surface area contributed by atoms with Crippen LogP contribution in [0.1, 0.15) is 27.6 Å². The van der Waals surface area contributed by atoms with Crippen molar-refractivity contribution in [3.63, 3.8) is 0 Å². The van der Waals surface area contributed by atoms with Crippen LogP contribution in [0.15, 0.2) is 36.7 Å². The molecule has 0 unspecified atom stereocenters. The average molecular weight is 345 g/mol. The molecule has 0 spiro atoms. The molecule has 0 saturated carbocycles. The van der Waals surface area contributed by atoms with E-state index in [9.17, 15) is 4.79 Å². The molecule has 1 aromatic carbocycles. The maximum Gasteiger partial charge on any atom is 0.276 e. The Morgan fingerprint density at radius 2 is 2.17 bits per heavy atom. The Morgan fingerprint density at radius 3 is 2.88 bits per heavy atom. The number of hydrogen-bond donors (Lipinski definition) is 1. The third kappa shape index (κ3) is 3.62. The Balaban J connectivity index is 1.68. The number of aryl methyl sites for hydroxylation is 1. The van der Waals surface area contributed by atoms with E-state index in [2.05, 4.69) is 20.3 Å². The second-order valence-electron chi connectivity index (χ2n) is 5.57. The minimum Gasteiger partial charge on any atom is -0.345 e. The van der Waals surface area contributed by atoms with Gasteiger partial charge in [0.2, 0.25) is 0 Å². The predicted octanol–water partition coefficient (Wildman–Crippen LogP) is 2.28. The van der Waals surface area contributed by atoms with Gasteiger partial charge >= 0.3 is 0 Å². The van der Waals surface area contributed by atoms with Gasteiger partial charge in [-0.25, -0.2) is 9.67 Å². The van der Waals surface area contributed by atoms with Gasteiger partial charge in [0.1, 0.15) is 5.82 Å². The summed E-state index contributed by atoms with van der Waals surface area (Å²) in [7, 11) is 1.70. The molecule has 0 aliphatic heterocycles. The number of carbonyl (C=O) groups excluding carboxylic acids is 1. The van der Waals surface area contributed by atoms with Crippen LogP contribution in [-0.4, -0.2) is 42.8 Å². The zero-order valence-electron chi connectivity index (χ0n) is 13.4. The number of amides is 1. The number of halogens is 1. The van der Waals surface area contributed by atoms with Gasteiger partial charge in [0.25, 0.3) is 5.91 Å². The molecule has 1 amide bonds. The number of hydrogen-bond acceptors (Lipinski definition) is 4. The van der Waals surface area contributed by atoms with E-state index in [-0.39, 0.29) is 11.6 Å². The molecule has 3 rings (SSSR count). The third-order valence-electron chi connectivity index (χ3n) is 3.54. The van der Waals surface area contributed by atoms with Crippen LogP contribution in [0.4, 0.5) is 0 Å². The number of nitrogens with zero attached hydrogens (tertiary/aromatic N) is 5. The molecular formula is C16H17ClN6O. The van der Waals surface area contributed by atoms with E-state index in [1.807, 2.05) is 31.2 Å². The average Bonchev–Trinajstić information content (AvgIpc) is 3.18. The van der Waals surface area contributed by atoms with Crippen molar-refractivity contribution in [2.45, 2.75) is 20.0 Å². The van der Waals surface area contributed by atoms with Gasteiger partial charge < -0.3 is 9.88 Å². The van der Waals surface area contributed by atoms with Crippen LogP contribution >= 0.6 is 11.6 Å². The van der Waals surface area contributed by atoms with Crippen molar-refractivity contribution in [3.8, 4) is 0 Å². The van der Waals surface area contributed by atoms with Crippen molar-refractivity contribution in [3.05, 3.63) is 64.5 Å². The zero-order valence-corrected chi connectivity index (χ0v) is 14.2. The summed E-state index contributed by atoms with van der Waals surface area (Å²) in [5.74, 6) is 0.515. The molecule has 24 heavy (non-hydrogen) atoms. The van der Waals surface area contributed by atoms with Gasteiger partial charge in [-0.3, -0.25) is 4.79 Å². The Labute approximate surface area is 144 Å². The van der Waals surface area contributed by atoms with Gasteiger partial charge in [0, 0.05) is 24.0 Å². The number of carbonyl (C=O) groups is 1. The SMILES string of the molecule is Cc1cnc(CN(C)C(=O)c2cn(Cc3ccccc3Cl)nn2)[nH]1. The molecule has 1 N–H and O–H groups in total.